The summed E-state index contributed by atoms with van der Waals surface area (Å²) < 4.78 is 19.7. The second-order valence-electron chi connectivity index (χ2n) is 6.36. The molecule has 0 bridgehead atoms. The lowest BCUT2D eigenvalue weighted by molar-refractivity contribution is 0.0667. The fraction of sp³-hybridized carbons (Fsp3) is 0.444. The molecule has 2 heterocycles. The molecule has 3 rings (SSSR count). The number of hydrogen-bond acceptors (Lipinski definition) is 3. The van der Waals surface area contributed by atoms with E-state index < -0.39 is 5.82 Å². The maximum absolute atomic E-state index is 14.2. The number of carbonyl (C=O) groups excluding carboxylic acids is 1. The largest absolute Gasteiger partial charge is 0.488 e. The predicted octanol–water partition coefficient (Wildman–Crippen LogP) is 2.87. The van der Waals surface area contributed by atoms with E-state index in [2.05, 4.69) is 11.1 Å². The topological polar surface area (TPSA) is 41.9 Å². The normalized spacial score (nSPS) is 23.3. The molecule has 0 N–H and O–H groups in total. The number of ether oxygens (including phenoxy) is 1. The number of benzene rings is 1. The van der Waals surface area contributed by atoms with Gasteiger partial charge in [0.15, 0.2) is 11.6 Å². The molecule has 0 saturated heterocycles. The van der Waals surface area contributed by atoms with E-state index in [0.29, 0.717) is 18.5 Å². The molecule has 2 aliphatic heterocycles. The van der Waals surface area contributed by atoms with E-state index in [1.165, 1.54) is 12.1 Å². The molecule has 4 nitrogen and oxygen atoms in total. The van der Waals surface area contributed by atoms with E-state index in [4.69, 9.17) is 4.74 Å². The van der Waals surface area contributed by atoms with E-state index >= 15 is 0 Å². The molecule has 0 fully saturated rings. The van der Waals surface area contributed by atoms with Crippen LogP contribution in [0.4, 0.5) is 4.39 Å². The quantitative estimate of drug-likeness (QED) is 0.860. The van der Waals surface area contributed by atoms with Gasteiger partial charge in [-0.25, -0.2) is 4.39 Å². The summed E-state index contributed by atoms with van der Waals surface area (Å²) in [5.41, 5.74) is 1.28. The molecule has 1 amide bonds. The van der Waals surface area contributed by atoms with Crippen molar-refractivity contribution >= 4 is 12.1 Å². The Morgan fingerprint density at radius 3 is 2.83 bits per heavy atom. The molecule has 0 spiro atoms. The summed E-state index contributed by atoms with van der Waals surface area (Å²) in [6.07, 6.45) is 6.23. The zero-order chi connectivity index (χ0) is 16.6. The van der Waals surface area contributed by atoms with Gasteiger partial charge in [0.05, 0.1) is 6.10 Å². The van der Waals surface area contributed by atoms with E-state index in [0.717, 1.165) is 5.56 Å². The van der Waals surface area contributed by atoms with Crippen LogP contribution < -0.4 is 4.74 Å². The Labute approximate surface area is 135 Å². The van der Waals surface area contributed by atoms with Crippen molar-refractivity contribution in [3.05, 3.63) is 41.2 Å². The third-order valence-corrected chi connectivity index (χ3v) is 4.36. The number of amides is 1. The summed E-state index contributed by atoms with van der Waals surface area (Å²) in [4.78, 5) is 18.7. The molecule has 0 radical (unpaired) electrons. The van der Waals surface area contributed by atoms with Crippen molar-refractivity contribution in [2.24, 2.45) is 10.9 Å². The van der Waals surface area contributed by atoms with Crippen molar-refractivity contribution in [2.45, 2.75) is 32.4 Å². The predicted molar refractivity (Wildman–Crippen MR) is 87.7 cm³/mol. The molecule has 0 aromatic heterocycles. The van der Waals surface area contributed by atoms with Gasteiger partial charge in [0.1, 0.15) is 0 Å². The standard InChI is InChI=1S/C18H21FN2O2/c1-11(2)23-17-9-14-13(7-15(17)19)8-16(21(3)18(14)22)12-5-4-6-20-10-12/h4-7,9,11-12,16H,8,10H2,1-3H3. The summed E-state index contributed by atoms with van der Waals surface area (Å²) in [5, 5.41) is 0. The molecule has 2 unspecified atom stereocenters. The summed E-state index contributed by atoms with van der Waals surface area (Å²) >= 11 is 0. The van der Waals surface area contributed by atoms with Crippen LogP contribution in [-0.4, -0.2) is 42.8 Å². The van der Waals surface area contributed by atoms with Crippen LogP contribution in [0.2, 0.25) is 0 Å². The molecule has 1 aromatic rings. The number of rotatable bonds is 3. The number of nitrogens with zero attached hydrogens (tertiary/aromatic N) is 2. The smallest absolute Gasteiger partial charge is 0.254 e. The van der Waals surface area contributed by atoms with Gasteiger partial charge >= 0.3 is 0 Å². The van der Waals surface area contributed by atoms with E-state index in [1.54, 1.807) is 18.2 Å². The lowest BCUT2D eigenvalue weighted by Gasteiger charge is -2.38. The highest BCUT2D eigenvalue weighted by Gasteiger charge is 2.35. The highest BCUT2D eigenvalue weighted by molar-refractivity contribution is 5.97. The summed E-state index contributed by atoms with van der Waals surface area (Å²) in [6, 6.07) is 2.98. The Bertz CT molecular complexity index is 682. The summed E-state index contributed by atoms with van der Waals surface area (Å²) in [5.74, 6) is -0.198. The SMILES string of the molecule is CC(C)Oc1cc2c(cc1F)CC(C1C=CC=NC1)N(C)C2=O. The molecule has 23 heavy (non-hydrogen) atoms. The molecule has 5 heteroatoms. The van der Waals surface area contributed by atoms with Crippen molar-refractivity contribution < 1.29 is 13.9 Å². The van der Waals surface area contributed by atoms with Gasteiger partial charge in [-0.05, 0) is 44.0 Å². The Balaban J connectivity index is 1.93. The van der Waals surface area contributed by atoms with Gasteiger partial charge < -0.3 is 9.64 Å². The molecule has 0 aliphatic carbocycles. The molecule has 1 aromatic carbocycles. The van der Waals surface area contributed by atoms with E-state index in [1.807, 2.05) is 19.9 Å². The number of carbonyl (C=O) groups is 1. The van der Waals surface area contributed by atoms with Crippen molar-refractivity contribution in [3.63, 3.8) is 0 Å². The second kappa shape index (κ2) is 6.14. The van der Waals surface area contributed by atoms with Crippen LogP contribution in [0.15, 0.2) is 29.3 Å². The van der Waals surface area contributed by atoms with Gasteiger partial charge in [-0.1, -0.05) is 6.08 Å². The number of halogens is 1. The van der Waals surface area contributed by atoms with Crippen LogP contribution in [-0.2, 0) is 6.42 Å². The van der Waals surface area contributed by atoms with Gasteiger partial charge in [-0.15, -0.1) is 0 Å². The zero-order valence-corrected chi connectivity index (χ0v) is 13.6. The van der Waals surface area contributed by atoms with Gasteiger partial charge in [-0.3, -0.25) is 9.79 Å². The monoisotopic (exact) mass is 316 g/mol. The molecule has 122 valence electrons. The first-order valence-electron chi connectivity index (χ1n) is 7.90. The van der Waals surface area contributed by atoms with Gasteiger partial charge in [0.25, 0.3) is 5.91 Å². The molecular formula is C18H21FN2O2. The molecule has 0 saturated carbocycles. The third kappa shape index (κ3) is 3.00. The van der Waals surface area contributed by atoms with Crippen molar-refractivity contribution in [3.8, 4) is 5.75 Å². The van der Waals surface area contributed by atoms with Crippen LogP contribution in [0, 0.1) is 11.7 Å². The van der Waals surface area contributed by atoms with E-state index in [-0.39, 0.29) is 29.7 Å². The number of fused-ring (bicyclic) bond motifs is 1. The maximum atomic E-state index is 14.2. The number of dihydropyridines is 1. The average molecular weight is 316 g/mol. The molecule has 2 aliphatic rings. The van der Waals surface area contributed by atoms with Crippen LogP contribution in [0.3, 0.4) is 0 Å². The Morgan fingerprint density at radius 2 is 2.17 bits per heavy atom. The van der Waals surface area contributed by atoms with Crippen molar-refractivity contribution in [1.82, 2.24) is 4.90 Å². The van der Waals surface area contributed by atoms with Gasteiger partial charge in [-0.2, -0.15) is 0 Å². The first-order valence-corrected chi connectivity index (χ1v) is 7.90. The summed E-state index contributed by atoms with van der Waals surface area (Å²) in [6.45, 7) is 4.32. The lowest BCUT2D eigenvalue weighted by Crippen LogP contribution is -2.47. The number of allylic oxidation sites excluding steroid dienone is 1. The average Bonchev–Trinajstić information content (AvgIpc) is 2.53. The fourth-order valence-electron chi connectivity index (χ4n) is 3.19. The fourth-order valence-corrected chi connectivity index (χ4v) is 3.19. The number of hydrogen-bond donors (Lipinski definition) is 0. The Morgan fingerprint density at radius 1 is 1.39 bits per heavy atom. The Kier molecular flexibility index (Phi) is 4.20. The minimum atomic E-state index is -0.411. The minimum Gasteiger partial charge on any atom is -0.488 e. The third-order valence-electron chi connectivity index (χ3n) is 4.36. The van der Waals surface area contributed by atoms with Crippen LogP contribution in [0.5, 0.6) is 5.75 Å². The van der Waals surface area contributed by atoms with E-state index in [9.17, 15) is 9.18 Å². The zero-order valence-electron chi connectivity index (χ0n) is 13.6. The highest BCUT2D eigenvalue weighted by Crippen LogP contribution is 2.32. The lowest BCUT2D eigenvalue weighted by atomic mass is 9.85. The first kappa shape index (κ1) is 15.7. The summed E-state index contributed by atoms with van der Waals surface area (Å²) in [7, 11) is 1.80. The van der Waals surface area contributed by atoms with Crippen molar-refractivity contribution in [2.75, 3.05) is 13.6 Å². The molecular weight excluding hydrogens is 295 g/mol. The van der Waals surface area contributed by atoms with Crippen molar-refractivity contribution in [1.29, 1.82) is 0 Å². The molecule has 2 atom stereocenters. The van der Waals surface area contributed by atoms with Crippen LogP contribution in [0.25, 0.3) is 0 Å². The highest BCUT2D eigenvalue weighted by atomic mass is 19.1. The van der Waals surface area contributed by atoms with Gasteiger partial charge in [0.2, 0.25) is 0 Å². The Hall–Kier alpha value is -2.17. The van der Waals surface area contributed by atoms with Crippen LogP contribution >= 0.6 is 0 Å². The van der Waals surface area contributed by atoms with Crippen LogP contribution in [0.1, 0.15) is 29.8 Å². The van der Waals surface area contributed by atoms with Gasteiger partial charge in [0, 0.05) is 37.3 Å². The first-order chi connectivity index (χ1) is 11.0. The number of aliphatic imine (C=N–C) groups is 1. The second-order valence-corrected chi connectivity index (χ2v) is 6.36. The number of likely N-dealkylation sites (N-methyl/N-ethyl adjacent to an activating group) is 1. The maximum Gasteiger partial charge on any atom is 0.254 e. The minimum absolute atomic E-state index is 0.0000304.